The molecule has 0 heterocycles. The molecule has 0 saturated carbocycles. The van der Waals surface area contributed by atoms with Gasteiger partial charge in [-0.15, -0.1) is 0 Å². The normalized spacial score (nSPS) is 10.5. The highest BCUT2D eigenvalue weighted by atomic mass is 19.1. The van der Waals surface area contributed by atoms with Crippen molar-refractivity contribution in [2.45, 2.75) is 20.4 Å². The van der Waals surface area contributed by atoms with Gasteiger partial charge in [0.1, 0.15) is 17.3 Å². The molecule has 0 aromatic heterocycles. The van der Waals surface area contributed by atoms with Crippen LogP contribution in [0.1, 0.15) is 16.7 Å². The second-order valence-corrected chi connectivity index (χ2v) is 4.63. The molecule has 1 N–H and O–H groups in total. The van der Waals surface area contributed by atoms with Gasteiger partial charge >= 0.3 is 0 Å². The highest BCUT2D eigenvalue weighted by Crippen LogP contribution is 2.27. The molecule has 100 valence electrons. The number of hydrogen-bond donors (Lipinski definition) is 1. The van der Waals surface area contributed by atoms with E-state index in [0.717, 1.165) is 23.4 Å². The van der Waals surface area contributed by atoms with Crippen molar-refractivity contribution in [2.24, 2.45) is 0 Å². The highest BCUT2D eigenvalue weighted by molar-refractivity contribution is 5.40. The van der Waals surface area contributed by atoms with E-state index < -0.39 is 0 Å². The van der Waals surface area contributed by atoms with Crippen LogP contribution in [-0.2, 0) is 6.54 Å². The van der Waals surface area contributed by atoms with Crippen molar-refractivity contribution in [1.29, 1.82) is 0 Å². The van der Waals surface area contributed by atoms with E-state index >= 15 is 0 Å². The Morgan fingerprint density at radius 2 is 1.84 bits per heavy atom. The molecule has 3 heteroatoms. The third-order valence-corrected chi connectivity index (χ3v) is 3.06. The zero-order valence-corrected chi connectivity index (χ0v) is 11.5. The maximum Gasteiger partial charge on any atom is 0.133 e. The summed E-state index contributed by atoms with van der Waals surface area (Å²) in [4.78, 5) is 0. The molecule has 0 radical (unpaired) electrons. The van der Waals surface area contributed by atoms with Crippen LogP contribution in [0.3, 0.4) is 0 Å². The SMILES string of the molecule is CNCc1ccc(Oc2cc(F)ccc2C)cc1C. The average Bonchev–Trinajstić information content (AvgIpc) is 2.37. The minimum atomic E-state index is -0.288. The maximum atomic E-state index is 13.2. The second-order valence-electron chi connectivity index (χ2n) is 4.63. The number of nitrogens with one attached hydrogen (secondary N) is 1. The van der Waals surface area contributed by atoms with Crippen molar-refractivity contribution in [1.82, 2.24) is 5.32 Å². The summed E-state index contributed by atoms with van der Waals surface area (Å²) in [6, 6.07) is 10.5. The first-order chi connectivity index (χ1) is 9.10. The monoisotopic (exact) mass is 259 g/mol. The Hall–Kier alpha value is -1.87. The van der Waals surface area contributed by atoms with E-state index in [2.05, 4.69) is 5.32 Å². The summed E-state index contributed by atoms with van der Waals surface area (Å²) in [7, 11) is 1.92. The van der Waals surface area contributed by atoms with E-state index in [1.54, 1.807) is 6.07 Å². The molecule has 19 heavy (non-hydrogen) atoms. The Balaban J connectivity index is 2.24. The smallest absolute Gasteiger partial charge is 0.133 e. The zero-order chi connectivity index (χ0) is 13.8. The Morgan fingerprint density at radius 1 is 1.05 bits per heavy atom. The number of halogens is 1. The summed E-state index contributed by atoms with van der Waals surface area (Å²) in [5.41, 5.74) is 3.30. The lowest BCUT2D eigenvalue weighted by Gasteiger charge is -2.11. The van der Waals surface area contributed by atoms with Crippen molar-refractivity contribution in [3.05, 3.63) is 58.9 Å². The Bertz CT molecular complexity index is 581. The minimum absolute atomic E-state index is 0.288. The summed E-state index contributed by atoms with van der Waals surface area (Å²) in [5.74, 6) is 0.996. The van der Waals surface area contributed by atoms with Crippen LogP contribution in [0.15, 0.2) is 36.4 Å². The van der Waals surface area contributed by atoms with Gasteiger partial charge in [0.2, 0.25) is 0 Å². The average molecular weight is 259 g/mol. The summed E-state index contributed by atoms with van der Waals surface area (Å²) in [5, 5.41) is 3.12. The Kier molecular flexibility index (Phi) is 4.17. The van der Waals surface area contributed by atoms with Crippen LogP contribution < -0.4 is 10.1 Å². The topological polar surface area (TPSA) is 21.3 Å². The fourth-order valence-electron chi connectivity index (χ4n) is 1.93. The fraction of sp³-hybridized carbons (Fsp3) is 0.250. The zero-order valence-electron chi connectivity index (χ0n) is 11.5. The first-order valence-electron chi connectivity index (χ1n) is 6.28. The standard InChI is InChI=1S/C16H18FNO/c1-11-4-6-14(17)9-16(11)19-15-7-5-13(10-18-3)12(2)8-15/h4-9,18H,10H2,1-3H3. The van der Waals surface area contributed by atoms with Crippen molar-refractivity contribution in [3.8, 4) is 11.5 Å². The minimum Gasteiger partial charge on any atom is -0.457 e. The van der Waals surface area contributed by atoms with Gasteiger partial charge in [-0.3, -0.25) is 0 Å². The van der Waals surface area contributed by atoms with E-state index in [1.165, 1.54) is 17.7 Å². The van der Waals surface area contributed by atoms with Crippen molar-refractivity contribution >= 4 is 0 Å². The quantitative estimate of drug-likeness (QED) is 0.897. The van der Waals surface area contributed by atoms with E-state index in [9.17, 15) is 4.39 Å². The molecule has 2 nitrogen and oxygen atoms in total. The third-order valence-electron chi connectivity index (χ3n) is 3.06. The molecule has 2 rings (SSSR count). The number of ether oxygens (including phenoxy) is 1. The largest absolute Gasteiger partial charge is 0.457 e. The van der Waals surface area contributed by atoms with Gasteiger partial charge in [-0.05, 0) is 55.8 Å². The molecule has 0 fully saturated rings. The van der Waals surface area contributed by atoms with Gasteiger partial charge in [-0.1, -0.05) is 12.1 Å². The van der Waals surface area contributed by atoms with Crippen LogP contribution in [0.2, 0.25) is 0 Å². The van der Waals surface area contributed by atoms with E-state index in [4.69, 9.17) is 4.74 Å². The van der Waals surface area contributed by atoms with Gasteiger partial charge in [-0.2, -0.15) is 0 Å². The van der Waals surface area contributed by atoms with Gasteiger partial charge in [-0.25, -0.2) is 4.39 Å². The lowest BCUT2D eigenvalue weighted by atomic mass is 10.1. The molecule has 0 bridgehead atoms. The van der Waals surface area contributed by atoms with Gasteiger partial charge < -0.3 is 10.1 Å². The molecule has 0 aliphatic rings. The number of rotatable bonds is 4. The van der Waals surface area contributed by atoms with Crippen molar-refractivity contribution < 1.29 is 9.13 Å². The van der Waals surface area contributed by atoms with Crippen LogP contribution >= 0.6 is 0 Å². The molecule has 0 aliphatic carbocycles. The Morgan fingerprint density at radius 3 is 2.53 bits per heavy atom. The predicted molar refractivity (Wildman–Crippen MR) is 75.2 cm³/mol. The molecule has 0 atom stereocenters. The maximum absolute atomic E-state index is 13.2. The lowest BCUT2D eigenvalue weighted by molar-refractivity contribution is 0.472. The van der Waals surface area contributed by atoms with Gasteiger partial charge in [0.25, 0.3) is 0 Å². The predicted octanol–water partition coefficient (Wildman–Crippen LogP) is 3.95. The van der Waals surface area contributed by atoms with Crippen LogP contribution in [0.4, 0.5) is 4.39 Å². The van der Waals surface area contributed by atoms with E-state index in [-0.39, 0.29) is 5.82 Å². The number of benzene rings is 2. The van der Waals surface area contributed by atoms with E-state index in [1.807, 2.05) is 39.1 Å². The third kappa shape index (κ3) is 3.32. The molecular weight excluding hydrogens is 241 g/mol. The van der Waals surface area contributed by atoms with Gasteiger partial charge in [0.05, 0.1) is 0 Å². The summed E-state index contributed by atoms with van der Waals surface area (Å²) >= 11 is 0. The lowest BCUT2D eigenvalue weighted by Crippen LogP contribution is -2.06. The van der Waals surface area contributed by atoms with Crippen LogP contribution in [-0.4, -0.2) is 7.05 Å². The van der Waals surface area contributed by atoms with Crippen LogP contribution in [0.5, 0.6) is 11.5 Å². The second kappa shape index (κ2) is 5.85. The van der Waals surface area contributed by atoms with Crippen LogP contribution in [0.25, 0.3) is 0 Å². The van der Waals surface area contributed by atoms with E-state index in [0.29, 0.717) is 5.75 Å². The summed E-state index contributed by atoms with van der Waals surface area (Å²) in [6.07, 6.45) is 0. The summed E-state index contributed by atoms with van der Waals surface area (Å²) < 4.78 is 18.9. The molecule has 2 aromatic rings. The number of aryl methyl sites for hydroxylation is 2. The van der Waals surface area contributed by atoms with Gasteiger partial charge in [0.15, 0.2) is 0 Å². The highest BCUT2D eigenvalue weighted by Gasteiger charge is 2.05. The molecule has 2 aromatic carbocycles. The van der Waals surface area contributed by atoms with Crippen molar-refractivity contribution in [2.75, 3.05) is 7.05 Å². The van der Waals surface area contributed by atoms with Crippen LogP contribution in [0, 0.1) is 19.7 Å². The summed E-state index contributed by atoms with van der Waals surface area (Å²) in [6.45, 7) is 4.76. The Labute approximate surface area is 113 Å². The molecule has 0 saturated heterocycles. The molecule has 0 amide bonds. The molecule has 0 aliphatic heterocycles. The first kappa shape index (κ1) is 13.6. The fourth-order valence-corrected chi connectivity index (χ4v) is 1.93. The molecular formula is C16H18FNO. The van der Waals surface area contributed by atoms with Gasteiger partial charge in [0, 0.05) is 12.6 Å². The first-order valence-corrected chi connectivity index (χ1v) is 6.28. The molecule has 0 spiro atoms. The number of hydrogen-bond acceptors (Lipinski definition) is 2. The van der Waals surface area contributed by atoms with Crippen molar-refractivity contribution in [3.63, 3.8) is 0 Å². The molecule has 0 unspecified atom stereocenters.